The van der Waals surface area contributed by atoms with Crippen molar-refractivity contribution in [1.82, 2.24) is 0 Å². The Hall–Kier alpha value is -2.08. The summed E-state index contributed by atoms with van der Waals surface area (Å²) in [6, 6.07) is 9.80. The maximum Gasteiger partial charge on any atom is 0.274 e. The van der Waals surface area contributed by atoms with Gasteiger partial charge in [0.25, 0.3) is 5.69 Å². The molecule has 5 nitrogen and oxygen atoms in total. The second kappa shape index (κ2) is 5.92. The third-order valence-electron chi connectivity index (χ3n) is 2.92. The molecule has 20 heavy (non-hydrogen) atoms. The van der Waals surface area contributed by atoms with E-state index in [2.05, 4.69) is 21.2 Å². The van der Waals surface area contributed by atoms with E-state index in [1.807, 2.05) is 6.92 Å². The van der Waals surface area contributed by atoms with Gasteiger partial charge in [0.2, 0.25) is 0 Å². The van der Waals surface area contributed by atoms with E-state index < -0.39 is 4.92 Å². The van der Waals surface area contributed by atoms with Crippen LogP contribution >= 0.6 is 15.9 Å². The molecule has 104 valence electrons. The van der Waals surface area contributed by atoms with Gasteiger partial charge >= 0.3 is 0 Å². The number of aromatic hydroxyl groups is 1. The topological polar surface area (TPSA) is 75.4 Å². The van der Waals surface area contributed by atoms with Gasteiger partial charge < -0.3 is 10.4 Å². The highest BCUT2D eigenvalue weighted by molar-refractivity contribution is 9.10. The summed E-state index contributed by atoms with van der Waals surface area (Å²) < 4.78 is 0.794. The van der Waals surface area contributed by atoms with Crippen LogP contribution in [0.4, 0.5) is 11.4 Å². The van der Waals surface area contributed by atoms with Crippen molar-refractivity contribution >= 4 is 27.3 Å². The van der Waals surface area contributed by atoms with Crippen LogP contribution in [0.25, 0.3) is 0 Å². The van der Waals surface area contributed by atoms with Crippen LogP contribution in [0.1, 0.15) is 11.1 Å². The van der Waals surface area contributed by atoms with Crippen molar-refractivity contribution in [2.75, 3.05) is 5.32 Å². The maximum atomic E-state index is 11.0. The molecule has 0 aliphatic heterocycles. The number of halogens is 1. The van der Waals surface area contributed by atoms with Gasteiger partial charge in [-0.2, -0.15) is 0 Å². The van der Waals surface area contributed by atoms with Crippen LogP contribution in [-0.2, 0) is 6.54 Å². The molecular weight excluding hydrogens is 324 g/mol. The lowest BCUT2D eigenvalue weighted by molar-refractivity contribution is -0.385. The smallest absolute Gasteiger partial charge is 0.274 e. The molecular formula is C14H13BrN2O3. The Morgan fingerprint density at radius 1 is 1.30 bits per heavy atom. The lowest BCUT2D eigenvalue weighted by Crippen LogP contribution is -2.04. The van der Waals surface area contributed by atoms with Crippen molar-refractivity contribution in [3.8, 4) is 5.75 Å². The molecule has 6 heteroatoms. The highest BCUT2D eigenvalue weighted by Crippen LogP contribution is 2.25. The zero-order valence-electron chi connectivity index (χ0n) is 10.8. The first kappa shape index (κ1) is 14.3. The molecule has 2 N–H and O–H groups in total. The van der Waals surface area contributed by atoms with Crippen LogP contribution in [-0.4, -0.2) is 10.0 Å². The number of aryl methyl sites for hydroxylation is 1. The van der Waals surface area contributed by atoms with E-state index in [0.717, 1.165) is 15.7 Å². The summed E-state index contributed by atoms with van der Waals surface area (Å²) in [5.41, 5.74) is 2.38. The fourth-order valence-corrected chi connectivity index (χ4v) is 2.32. The van der Waals surface area contributed by atoms with Crippen LogP contribution in [0.5, 0.6) is 5.75 Å². The molecule has 0 heterocycles. The van der Waals surface area contributed by atoms with E-state index >= 15 is 0 Å². The van der Waals surface area contributed by atoms with E-state index in [4.69, 9.17) is 0 Å². The molecule has 0 spiro atoms. The first-order valence-corrected chi connectivity index (χ1v) is 6.73. The largest absolute Gasteiger partial charge is 0.508 e. The number of hydrogen-bond acceptors (Lipinski definition) is 4. The molecule has 0 amide bonds. The highest BCUT2D eigenvalue weighted by atomic mass is 79.9. The van der Waals surface area contributed by atoms with Gasteiger partial charge in [0.1, 0.15) is 5.75 Å². The van der Waals surface area contributed by atoms with E-state index in [1.165, 1.54) is 6.07 Å². The predicted octanol–water partition coefficient (Wildman–Crippen LogP) is 3.98. The molecule has 0 fully saturated rings. The molecule has 0 saturated heterocycles. The minimum absolute atomic E-state index is 0.0807. The van der Waals surface area contributed by atoms with Crippen molar-refractivity contribution in [2.45, 2.75) is 13.5 Å². The fraction of sp³-hybridized carbons (Fsp3) is 0.143. The molecule has 0 unspecified atom stereocenters. The number of rotatable bonds is 4. The van der Waals surface area contributed by atoms with Crippen molar-refractivity contribution in [2.24, 2.45) is 0 Å². The fourth-order valence-electron chi connectivity index (χ4n) is 1.91. The Labute approximate surface area is 124 Å². The number of nitrogens with one attached hydrogen (secondary N) is 1. The Bertz CT molecular complexity index is 659. The number of nitro groups is 1. The summed E-state index contributed by atoms with van der Waals surface area (Å²) in [4.78, 5) is 10.6. The first-order chi connectivity index (χ1) is 9.47. The minimum Gasteiger partial charge on any atom is -0.508 e. The Morgan fingerprint density at radius 2 is 2.05 bits per heavy atom. The van der Waals surface area contributed by atoms with Crippen molar-refractivity contribution in [3.05, 3.63) is 62.1 Å². The highest BCUT2D eigenvalue weighted by Gasteiger charge is 2.13. The number of anilines is 1. The van der Waals surface area contributed by atoms with Crippen LogP contribution < -0.4 is 5.32 Å². The van der Waals surface area contributed by atoms with E-state index in [0.29, 0.717) is 12.1 Å². The molecule has 0 aromatic heterocycles. The lowest BCUT2D eigenvalue weighted by Gasteiger charge is -2.10. The number of phenols is 1. The zero-order valence-corrected chi connectivity index (χ0v) is 12.3. The van der Waals surface area contributed by atoms with Crippen LogP contribution in [0, 0.1) is 17.0 Å². The van der Waals surface area contributed by atoms with Crippen molar-refractivity contribution < 1.29 is 10.0 Å². The number of hydrogen-bond donors (Lipinski definition) is 2. The van der Waals surface area contributed by atoms with E-state index in [-0.39, 0.29) is 11.4 Å². The number of nitrogens with zero attached hydrogens (tertiary/aromatic N) is 1. The molecule has 0 radical (unpaired) electrons. The molecule has 0 bridgehead atoms. The number of nitro benzene ring substituents is 1. The van der Waals surface area contributed by atoms with E-state index in [9.17, 15) is 15.2 Å². The van der Waals surface area contributed by atoms with Crippen LogP contribution in [0.3, 0.4) is 0 Å². The Kier molecular flexibility index (Phi) is 4.24. The van der Waals surface area contributed by atoms with Gasteiger partial charge in [-0.1, -0.05) is 15.9 Å². The molecule has 2 rings (SSSR count). The summed E-state index contributed by atoms with van der Waals surface area (Å²) in [6.07, 6.45) is 0. The van der Waals surface area contributed by atoms with Crippen molar-refractivity contribution in [1.29, 1.82) is 0 Å². The monoisotopic (exact) mass is 336 g/mol. The van der Waals surface area contributed by atoms with Gasteiger partial charge in [0.05, 0.1) is 4.92 Å². The molecule has 0 aliphatic carbocycles. The van der Waals surface area contributed by atoms with Gasteiger partial charge in [0.15, 0.2) is 0 Å². The number of phenolic OH excluding ortho intramolecular Hbond substituents is 1. The standard InChI is InChI=1S/C14H13BrN2O3/c1-9-6-12(18)3-4-13(9)16-8-10-7-11(15)2-5-14(10)17(19)20/h2-7,16,18H,8H2,1H3. The van der Waals surface area contributed by atoms with Gasteiger partial charge in [-0.05, 0) is 42.8 Å². The number of benzene rings is 2. The summed E-state index contributed by atoms with van der Waals surface area (Å²) in [6.45, 7) is 2.19. The second-order valence-corrected chi connectivity index (χ2v) is 5.30. The Balaban J connectivity index is 2.22. The average Bonchev–Trinajstić information content (AvgIpc) is 2.37. The van der Waals surface area contributed by atoms with Gasteiger partial charge in [0, 0.05) is 28.3 Å². The summed E-state index contributed by atoms with van der Waals surface area (Å²) in [7, 11) is 0. The van der Waals surface area contributed by atoms with E-state index in [1.54, 1.807) is 30.3 Å². The first-order valence-electron chi connectivity index (χ1n) is 5.93. The third-order valence-corrected chi connectivity index (χ3v) is 3.41. The summed E-state index contributed by atoms with van der Waals surface area (Å²) in [5, 5.41) is 23.5. The average molecular weight is 337 g/mol. The van der Waals surface area contributed by atoms with Gasteiger partial charge in [-0.25, -0.2) is 0 Å². The Morgan fingerprint density at radius 3 is 2.70 bits per heavy atom. The summed E-state index contributed by atoms with van der Waals surface area (Å²) >= 11 is 3.31. The molecule has 0 saturated carbocycles. The second-order valence-electron chi connectivity index (χ2n) is 4.38. The maximum absolute atomic E-state index is 11.0. The third kappa shape index (κ3) is 3.27. The quantitative estimate of drug-likeness (QED) is 0.503. The lowest BCUT2D eigenvalue weighted by atomic mass is 10.1. The van der Waals surface area contributed by atoms with Gasteiger partial charge in [-0.15, -0.1) is 0 Å². The molecule has 2 aromatic carbocycles. The van der Waals surface area contributed by atoms with Gasteiger partial charge in [-0.3, -0.25) is 10.1 Å². The van der Waals surface area contributed by atoms with Crippen LogP contribution in [0.2, 0.25) is 0 Å². The minimum atomic E-state index is -0.396. The predicted molar refractivity (Wildman–Crippen MR) is 81.0 cm³/mol. The normalized spacial score (nSPS) is 10.3. The zero-order chi connectivity index (χ0) is 14.7. The SMILES string of the molecule is Cc1cc(O)ccc1NCc1cc(Br)ccc1[N+](=O)[O-]. The summed E-state index contributed by atoms with van der Waals surface area (Å²) in [5.74, 6) is 0.196. The molecule has 0 aliphatic rings. The van der Waals surface area contributed by atoms with Crippen molar-refractivity contribution in [3.63, 3.8) is 0 Å². The van der Waals surface area contributed by atoms with Crippen LogP contribution in [0.15, 0.2) is 40.9 Å². The molecule has 0 atom stereocenters. The molecule has 2 aromatic rings.